The highest BCUT2D eigenvalue weighted by Crippen LogP contribution is 2.31. The Hall–Kier alpha value is -2.47. The third kappa shape index (κ3) is 3.08. The molecule has 6 nitrogen and oxygen atoms in total. The molecule has 0 amide bonds. The summed E-state index contributed by atoms with van der Waals surface area (Å²) in [5, 5.41) is 9.85. The molecule has 2 unspecified atom stereocenters. The van der Waals surface area contributed by atoms with Gasteiger partial charge in [-0.2, -0.15) is 0 Å². The molecular formula is C21H24N4O2. The monoisotopic (exact) mass is 364 g/mol. The molecule has 0 saturated heterocycles. The van der Waals surface area contributed by atoms with Crippen LogP contribution in [-0.2, 0) is 6.42 Å². The molecule has 1 N–H and O–H groups in total. The summed E-state index contributed by atoms with van der Waals surface area (Å²) in [4.78, 5) is 14.0. The highest BCUT2D eigenvalue weighted by molar-refractivity contribution is 5.76. The summed E-state index contributed by atoms with van der Waals surface area (Å²) in [7, 11) is 0. The van der Waals surface area contributed by atoms with Crippen molar-refractivity contribution in [2.75, 3.05) is 0 Å². The van der Waals surface area contributed by atoms with E-state index in [9.17, 15) is 5.11 Å². The molecule has 4 heterocycles. The van der Waals surface area contributed by atoms with E-state index in [0.29, 0.717) is 18.3 Å². The van der Waals surface area contributed by atoms with Crippen LogP contribution in [0.25, 0.3) is 22.4 Å². The van der Waals surface area contributed by atoms with Crippen LogP contribution in [0.1, 0.15) is 50.9 Å². The highest BCUT2D eigenvalue weighted by Gasteiger charge is 2.24. The second-order valence-electron chi connectivity index (χ2n) is 7.77. The van der Waals surface area contributed by atoms with E-state index >= 15 is 0 Å². The molecule has 3 aromatic heterocycles. The number of ether oxygens (including phenoxy) is 1. The molecule has 5 rings (SSSR count). The van der Waals surface area contributed by atoms with Crippen molar-refractivity contribution < 1.29 is 9.84 Å². The lowest BCUT2D eigenvalue weighted by atomic mass is 9.95. The quantitative estimate of drug-likeness (QED) is 0.767. The van der Waals surface area contributed by atoms with Crippen molar-refractivity contribution in [3.05, 3.63) is 36.3 Å². The second kappa shape index (κ2) is 6.60. The number of rotatable bonds is 3. The Balaban J connectivity index is 1.45. The maximum absolute atomic E-state index is 9.85. The first kappa shape index (κ1) is 16.7. The van der Waals surface area contributed by atoms with E-state index in [1.807, 2.05) is 24.3 Å². The fraction of sp³-hybridized carbons (Fsp3) is 0.476. The molecule has 6 heteroatoms. The third-order valence-electron chi connectivity index (χ3n) is 5.75. The Morgan fingerprint density at radius 2 is 2.07 bits per heavy atom. The summed E-state index contributed by atoms with van der Waals surface area (Å²) < 4.78 is 8.30. The molecule has 1 aliphatic carbocycles. The summed E-state index contributed by atoms with van der Waals surface area (Å²) in [6, 6.07) is 8.41. The Morgan fingerprint density at radius 3 is 2.96 bits per heavy atom. The van der Waals surface area contributed by atoms with Crippen molar-refractivity contribution in [2.24, 2.45) is 0 Å². The number of hydrogen-bond acceptors (Lipinski definition) is 5. The second-order valence-corrected chi connectivity index (χ2v) is 7.77. The SMILES string of the molecule is C[C@H]1CCc2nc3ccc(-c4ccnc(OC5CCCC(O)C5)c4)nc3n21. The van der Waals surface area contributed by atoms with E-state index in [1.54, 1.807) is 6.20 Å². The Bertz CT molecular complexity index is 983. The standard InChI is InChI=1S/C21H24N4O2/c1-13-5-8-19-23-18-7-6-17(24-21(18)25(13)19)14-9-10-22-20(11-14)27-16-4-2-3-15(26)12-16/h6-7,9-11,13,15-16,26H,2-5,8,12H2,1H3/t13-,15?,16?/m0/s1. The van der Waals surface area contributed by atoms with E-state index in [0.717, 1.165) is 60.3 Å². The van der Waals surface area contributed by atoms with Crippen LogP contribution < -0.4 is 4.74 Å². The summed E-state index contributed by atoms with van der Waals surface area (Å²) in [6.07, 6.45) is 7.19. The van der Waals surface area contributed by atoms with Crippen molar-refractivity contribution in [3.8, 4) is 17.1 Å². The molecule has 3 aromatic rings. The Morgan fingerprint density at radius 1 is 1.15 bits per heavy atom. The van der Waals surface area contributed by atoms with E-state index in [-0.39, 0.29) is 12.2 Å². The molecule has 0 aromatic carbocycles. The van der Waals surface area contributed by atoms with Gasteiger partial charge in [-0.25, -0.2) is 15.0 Å². The van der Waals surface area contributed by atoms with Crippen molar-refractivity contribution >= 4 is 11.2 Å². The van der Waals surface area contributed by atoms with Gasteiger partial charge in [0.2, 0.25) is 5.88 Å². The number of nitrogens with zero attached hydrogens (tertiary/aromatic N) is 4. The summed E-state index contributed by atoms with van der Waals surface area (Å²) >= 11 is 0. The molecule has 1 saturated carbocycles. The number of pyridine rings is 2. The summed E-state index contributed by atoms with van der Waals surface area (Å²) in [5.41, 5.74) is 3.81. The first-order chi connectivity index (χ1) is 13.2. The van der Waals surface area contributed by atoms with Crippen molar-refractivity contribution in [1.29, 1.82) is 0 Å². The van der Waals surface area contributed by atoms with Gasteiger partial charge in [0.05, 0.1) is 11.8 Å². The lowest BCUT2D eigenvalue weighted by Crippen LogP contribution is -2.28. The van der Waals surface area contributed by atoms with Crippen LogP contribution >= 0.6 is 0 Å². The van der Waals surface area contributed by atoms with E-state index < -0.39 is 0 Å². The van der Waals surface area contributed by atoms with Gasteiger partial charge in [-0.05, 0) is 50.8 Å². The minimum absolute atomic E-state index is 0.0332. The summed E-state index contributed by atoms with van der Waals surface area (Å²) in [6.45, 7) is 2.23. The van der Waals surface area contributed by atoms with Crippen molar-refractivity contribution in [3.63, 3.8) is 0 Å². The largest absolute Gasteiger partial charge is 0.474 e. The van der Waals surface area contributed by atoms with Crippen LogP contribution in [0.4, 0.5) is 0 Å². The van der Waals surface area contributed by atoms with Gasteiger partial charge in [-0.1, -0.05) is 0 Å². The molecule has 27 heavy (non-hydrogen) atoms. The van der Waals surface area contributed by atoms with Crippen LogP contribution in [0, 0.1) is 0 Å². The average molecular weight is 364 g/mol. The third-order valence-corrected chi connectivity index (χ3v) is 5.75. The maximum Gasteiger partial charge on any atom is 0.214 e. The van der Waals surface area contributed by atoms with Gasteiger partial charge in [0.25, 0.3) is 0 Å². The van der Waals surface area contributed by atoms with E-state index in [1.165, 1.54) is 0 Å². The molecule has 1 fully saturated rings. The van der Waals surface area contributed by atoms with Gasteiger partial charge in [0, 0.05) is 36.7 Å². The van der Waals surface area contributed by atoms with Crippen LogP contribution in [0.2, 0.25) is 0 Å². The summed E-state index contributed by atoms with van der Waals surface area (Å²) in [5.74, 6) is 1.73. The molecule has 0 radical (unpaired) electrons. The number of aromatic nitrogens is 4. The van der Waals surface area contributed by atoms with Gasteiger partial charge < -0.3 is 14.4 Å². The number of aliphatic hydroxyl groups is 1. The molecule has 3 atom stereocenters. The fourth-order valence-corrected chi connectivity index (χ4v) is 4.32. The smallest absolute Gasteiger partial charge is 0.214 e. The van der Waals surface area contributed by atoms with Crippen molar-refractivity contribution in [2.45, 2.75) is 63.7 Å². The minimum Gasteiger partial charge on any atom is -0.474 e. The first-order valence-electron chi connectivity index (χ1n) is 9.86. The molecule has 1 aliphatic heterocycles. The molecular weight excluding hydrogens is 340 g/mol. The van der Waals surface area contributed by atoms with Gasteiger partial charge in [0.1, 0.15) is 17.4 Å². The van der Waals surface area contributed by atoms with Crippen molar-refractivity contribution in [1.82, 2.24) is 19.5 Å². The number of aryl methyl sites for hydroxylation is 1. The fourth-order valence-electron chi connectivity index (χ4n) is 4.32. The van der Waals surface area contributed by atoms with Crippen LogP contribution in [0.3, 0.4) is 0 Å². The molecule has 0 bridgehead atoms. The van der Waals surface area contributed by atoms with Gasteiger partial charge in [0.15, 0.2) is 5.65 Å². The predicted molar refractivity (Wildman–Crippen MR) is 103 cm³/mol. The zero-order chi connectivity index (χ0) is 18.4. The predicted octanol–water partition coefficient (Wildman–Crippen LogP) is 3.68. The van der Waals surface area contributed by atoms with Crippen LogP contribution in [0.5, 0.6) is 5.88 Å². The molecule has 140 valence electrons. The number of imidazole rings is 1. The van der Waals surface area contributed by atoms with E-state index in [4.69, 9.17) is 14.7 Å². The number of aliphatic hydroxyl groups excluding tert-OH is 1. The zero-order valence-corrected chi connectivity index (χ0v) is 15.5. The van der Waals surface area contributed by atoms with Crippen LogP contribution in [0.15, 0.2) is 30.5 Å². The molecule has 0 spiro atoms. The molecule has 2 aliphatic rings. The van der Waals surface area contributed by atoms with Gasteiger partial charge >= 0.3 is 0 Å². The number of hydrogen-bond donors (Lipinski definition) is 1. The average Bonchev–Trinajstić information content (AvgIpc) is 3.21. The zero-order valence-electron chi connectivity index (χ0n) is 15.5. The highest BCUT2D eigenvalue weighted by atomic mass is 16.5. The lowest BCUT2D eigenvalue weighted by Gasteiger charge is -2.26. The lowest BCUT2D eigenvalue weighted by molar-refractivity contribution is 0.0514. The topological polar surface area (TPSA) is 73.1 Å². The Labute approximate surface area is 158 Å². The van der Waals surface area contributed by atoms with Gasteiger partial charge in [-0.15, -0.1) is 0 Å². The van der Waals surface area contributed by atoms with Gasteiger partial charge in [-0.3, -0.25) is 0 Å². The normalized spacial score (nSPS) is 24.9. The number of fused-ring (bicyclic) bond motifs is 3. The van der Waals surface area contributed by atoms with Crippen LogP contribution in [-0.4, -0.2) is 36.8 Å². The Kier molecular flexibility index (Phi) is 4.08. The maximum atomic E-state index is 9.85. The van der Waals surface area contributed by atoms with E-state index in [2.05, 4.69) is 16.5 Å². The first-order valence-corrected chi connectivity index (χ1v) is 9.86. The minimum atomic E-state index is -0.262.